The van der Waals surface area contributed by atoms with E-state index in [4.69, 9.17) is 0 Å². The van der Waals surface area contributed by atoms with Crippen molar-refractivity contribution in [3.63, 3.8) is 0 Å². The van der Waals surface area contributed by atoms with E-state index in [1.807, 2.05) is 0 Å². The summed E-state index contributed by atoms with van der Waals surface area (Å²) in [5.74, 6) is 0.933. The first-order valence-corrected chi connectivity index (χ1v) is 20.3. The zero-order valence-electron chi connectivity index (χ0n) is 31.7. The van der Waals surface area contributed by atoms with Crippen molar-refractivity contribution in [2.24, 2.45) is 17.3 Å². The van der Waals surface area contributed by atoms with Crippen LogP contribution in [0.15, 0.2) is 179 Å². The minimum absolute atomic E-state index is 0.0387. The summed E-state index contributed by atoms with van der Waals surface area (Å²) >= 11 is 0. The Bertz CT molecular complexity index is 2100. The SMILES string of the molecule is C=CC1=C(C=C)C(C)(C)C2=CC(N(C3=CC=C(C4=CC5=C(CC4)N(c4ccccc4)C4CCC=CC54)CC3)c3ccc(C4=CC=CCC4)cc3)CCC21. The first-order chi connectivity index (χ1) is 26.0. The van der Waals surface area contributed by atoms with Gasteiger partial charge in [-0.25, -0.2) is 0 Å². The van der Waals surface area contributed by atoms with Crippen molar-refractivity contribution in [2.45, 2.75) is 90.1 Å². The fraction of sp³-hybridized carbons (Fsp3) is 0.333. The number of nitrogens with zero attached hydrogens (tertiary/aromatic N) is 2. The fourth-order valence-electron chi connectivity index (χ4n) is 10.8. The number of para-hydroxylation sites is 1. The van der Waals surface area contributed by atoms with Gasteiger partial charge in [0.1, 0.15) is 0 Å². The van der Waals surface area contributed by atoms with Crippen LogP contribution in [-0.2, 0) is 0 Å². The standard InChI is InChI=1S/C51H54N2/c1-5-43-44-31-30-42(34-48(44)51(3,4)47(43)6-2)52(40-26-21-36(22-27-40)35-15-9-7-10-16-35)41-28-23-37(24-29-41)38-25-32-50-46(33-38)45-19-13-14-20-49(45)53(50)39-17-11-8-12-18-39/h5-9,11-13,15,17-19,21-23,26-28,33-34,42,44-45,49H,1-2,10,14,16,20,24-25,29-32H2,3-4H3. The third-order valence-electron chi connectivity index (χ3n) is 13.4. The molecule has 0 fully saturated rings. The first kappa shape index (κ1) is 34.0. The van der Waals surface area contributed by atoms with Gasteiger partial charge in [-0.3, -0.25) is 0 Å². The van der Waals surface area contributed by atoms with Crippen LogP contribution in [0.1, 0.15) is 83.6 Å². The van der Waals surface area contributed by atoms with Gasteiger partial charge in [0.05, 0.1) is 6.04 Å². The average Bonchev–Trinajstić information content (AvgIpc) is 3.66. The van der Waals surface area contributed by atoms with Crippen molar-refractivity contribution in [3.8, 4) is 0 Å². The molecule has 2 aromatic rings. The molecule has 0 spiro atoms. The molecule has 1 aliphatic heterocycles. The zero-order chi connectivity index (χ0) is 36.1. The second-order valence-electron chi connectivity index (χ2n) is 16.5. The molecule has 268 valence electrons. The molecule has 0 saturated carbocycles. The van der Waals surface area contributed by atoms with Crippen LogP contribution >= 0.6 is 0 Å². The van der Waals surface area contributed by atoms with Gasteiger partial charge in [0, 0.05) is 46.1 Å². The van der Waals surface area contributed by atoms with E-state index in [1.54, 1.807) is 22.4 Å². The Hall–Kier alpha value is -4.82. The Morgan fingerprint density at radius 3 is 2.34 bits per heavy atom. The molecule has 0 aromatic heterocycles. The van der Waals surface area contributed by atoms with Gasteiger partial charge >= 0.3 is 0 Å². The van der Waals surface area contributed by atoms with Crippen LogP contribution < -0.4 is 9.80 Å². The minimum atomic E-state index is -0.0387. The number of fused-ring (bicyclic) bond motifs is 3. The summed E-state index contributed by atoms with van der Waals surface area (Å²) in [4.78, 5) is 5.38. The lowest BCUT2D eigenvalue weighted by molar-refractivity contribution is 0.460. The quantitative estimate of drug-likeness (QED) is 0.254. The van der Waals surface area contributed by atoms with Gasteiger partial charge < -0.3 is 9.80 Å². The lowest BCUT2D eigenvalue weighted by Gasteiger charge is -2.40. The van der Waals surface area contributed by atoms with Gasteiger partial charge in [0.2, 0.25) is 0 Å². The van der Waals surface area contributed by atoms with Gasteiger partial charge in [-0.15, -0.1) is 0 Å². The topological polar surface area (TPSA) is 6.48 Å². The molecule has 0 amide bonds. The Balaban J connectivity index is 1.06. The second kappa shape index (κ2) is 13.9. The second-order valence-corrected chi connectivity index (χ2v) is 16.5. The molecule has 6 aliphatic carbocycles. The smallest absolute Gasteiger partial charge is 0.0522 e. The highest BCUT2D eigenvalue weighted by Crippen LogP contribution is 2.55. The van der Waals surface area contributed by atoms with E-state index >= 15 is 0 Å². The molecule has 2 nitrogen and oxygen atoms in total. The van der Waals surface area contributed by atoms with Crippen molar-refractivity contribution in [2.75, 3.05) is 9.80 Å². The summed E-state index contributed by atoms with van der Waals surface area (Å²) < 4.78 is 0. The Labute approximate surface area is 318 Å². The van der Waals surface area contributed by atoms with Crippen molar-refractivity contribution in [1.82, 2.24) is 0 Å². The molecule has 4 atom stereocenters. The highest BCUT2D eigenvalue weighted by atomic mass is 15.2. The third kappa shape index (κ3) is 5.86. The van der Waals surface area contributed by atoms with Crippen molar-refractivity contribution < 1.29 is 0 Å². The summed E-state index contributed by atoms with van der Waals surface area (Å²) in [6.45, 7) is 13.2. The van der Waals surface area contributed by atoms with Gasteiger partial charge in [-0.1, -0.05) is 124 Å². The van der Waals surface area contributed by atoms with E-state index in [-0.39, 0.29) is 5.41 Å². The Kier molecular flexibility index (Phi) is 8.89. The van der Waals surface area contributed by atoms with E-state index in [0.29, 0.717) is 23.9 Å². The van der Waals surface area contributed by atoms with Crippen LogP contribution in [0.3, 0.4) is 0 Å². The monoisotopic (exact) mass is 694 g/mol. The number of benzene rings is 2. The van der Waals surface area contributed by atoms with Crippen LogP contribution in [-0.4, -0.2) is 12.1 Å². The molecular formula is C51H54N2. The molecule has 0 saturated heterocycles. The van der Waals surface area contributed by atoms with Gasteiger partial charge in [0.15, 0.2) is 0 Å². The lowest BCUT2D eigenvalue weighted by atomic mass is 9.74. The van der Waals surface area contributed by atoms with Crippen molar-refractivity contribution in [1.29, 1.82) is 0 Å². The summed E-state index contributed by atoms with van der Waals surface area (Å²) in [5, 5.41) is 0. The summed E-state index contributed by atoms with van der Waals surface area (Å²) in [5.41, 5.74) is 17.3. The van der Waals surface area contributed by atoms with E-state index < -0.39 is 0 Å². The molecule has 53 heavy (non-hydrogen) atoms. The van der Waals surface area contributed by atoms with E-state index in [1.165, 1.54) is 57.8 Å². The number of rotatable bonds is 8. The number of allylic oxidation sites excluding steroid dienone is 17. The summed E-state index contributed by atoms with van der Waals surface area (Å²) in [6.07, 6.45) is 37.3. The van der Waals surface area contributed by atoms with E-state index in [9.17, 15) is 0 Å². The third-order valence-corrected chi connectivity index (χ3v) is 13.4. The van der Waals surface area contributed by atoms with E-state index in [2.05, 4.69) is 158 Å². The van der Waals surface area contributed by atoms with Gasteiger partial charge in [-0.2, -0.15) is 0 Å². The summed E-state index contributed by atoms with van der Waals surface area (Å²) in [6, 6.07) is 21.4. The minimum Gasteiger partial charge on any atom is -0.341 e. The number of hydrogen-bond acceptors (Lipinski definition) is 2. The number of anilines is 2. The Morgan fingerprint density at radius 2 is 1.60 bits per heavy atom. The molecule has 9 rings (SSSR count). The number of hydrogen-bond donors (Lipinski definition) is 0. The lowest BCUT2D eigenvalue weighted by Crippen LogP contribution is -2.37. The highest BCUT2D eigenvalue weighted by Gasteiger charge is 2.45. The maximum Gasteiger partial charge on any atom is 0.0522 e. The van der Waals surface area contributed by atoms with Crippen molar-refractivity contribution in [3.05, 3.63) is 185 Å². The molecular weight excluding hydrogens is 641 g/mol. The van der Waals surface area contributed by atoms with Crippen LogP contribution in [0.5, 0.6) is 0 Å². The molecule has 4 unspecified atom stereocenters. The molecule has 0 bridgehead atoms. The molecule has 0 N–H and O–H groups in total. The molecule has 2 heteroatoms. The zero-order valence-corrected chi connectivity index (χ0v) is 31.7. The van der Waals surface area contributed by atoms with Crippen LogP contribution in [0.4, 0.5) is 11.4 Å². The molecule has 0 radical (unpaired) electrons. The maximum atomic E-state index is 4.24. The van der Waals surface area contributed by atoms with Gasteiger partial charge in [-0.05, 0) is 134 Å². The predicted molar refractivity (Wildman–Crippen MR) is 225 cm³/mol. The molecule has 7 aliphatic rings. The molecule has 1 heterocycles. The predicted octanol–water partition coefficient (Wildman–Crippen LogP) is 13.1. The largest absolute Gasteiger partial charge is 0.341 e. The van der Waals surface area contributed by atoms with Crippen LogP contribution in [0.25, 0.3) is 5.57 Å². The van der Waals surface area contributed by atoms with Gasteiger partial charge in [0.25, 0.3) is 0 Å². The summed E-state index contributed by atoms with van der Waals surface area (Å²) in [7, 11) is 0. The first-order valence-electron chi connectivity index (χ1n) is 20.3. The fourth-order valence-corrected chi connectivity index (χ4v) is 10.8. The maximum absolute atomic E-state index is 4.24. The average molecular weight is 695 g/mol. The van der Waals surface area contributed by atoms with Crippen molar-refractivity contribution >= 4 is 16.9 Å². The normalized spacial score (nSPS) is 27.2. The van der Waals surface area contributed by atoms with E-state index in [0.717, 1.165) is 51.4 Å². The Morgan fingerprint density at radius 1 is 0.774 bits per heavy atom. The molecule has 2 aromatic carbocycles. The highest BCUT2D eigenvalue weighted by molar-refractivity contribution is 5.71. The van der Waals surface area contributed by atoms with Crippen LogP contribution in [0, 0.1) is 17.3 Å². The van der Waals surface area contributed by atoms with Crippen LogP contribution in [0.2, 0.25) is 0 Å².